The predicted octanol–water partition coefficient (Wildman–Crippen LogP) is 16.2. The predicted molar refractivity (Wildman–Crippen MR) is 262 cm³/mol. The molecule has 2 atom stereocenters. The van der Waals surface area contributed by atoms with Crippen LogP contribution in [0, 0.1) is 0 Å². The van der Waals surface area contributed by atoms with Crippen LogP contribution in [0.25, 0.3) is 0 Å². The van der Waals surface area contributed by atoms with E-state index in [9.17, 15) is 15.0 Å². The van der Waals surface area contributed by atoms with Gasteiger partial charge in [-0.25, -0.2) is 0 Å². The molecule has 0 bridgehead atoms. The first-order valence-electron chi connectivity index (χ1n) is 25.0. The molecule has 0 heterocycles. The molecule has 0 saturated carbocycles. The van der Waals surface area contributed by atoms with Crippen molar-refractivity contribution in [1.29, 1.82) is 0 Å². The number of unbranched alkanes of at least 4 members (excludes halogenated alkanes) is 23. The van der Waals surface area contributed by atoms with E-state index in [0.29, 0.717) is 6.42 Å². The number of hydrogen-bond acceptors (Lipinski definition) is 3. The van der Waals surface area contributed by atoms with Gasteiger partial charge >= 0.3 is 0 Å². The van der Waals surface area contributed by atoms with Crippen molar-refractivity contribution in [2.45, 2.75) is 238 Å². The Morgan fingerprint density at radius 1 is 0.424 bits per heavy atom. The highest BCUT2D eigenvalue weighted by atomic mass is 16.3. The number of aliphatic hydroxyl groups is 2. The molecule has 338 valence electrons. The minimum atomic E-state index is -0.847. The van der Waals surface area contributed by atoms with Gasteiger partial charge in [0.15, 0.2) is 0 Å². The van der Waals surface area contributed by atoms with Crippen LogP contribution in [0.2, 0.25) is 0 Å². The normalized spacial score (nSPS) is 13.8. The first-order valence-corrected chi connectivity index (χ1v) is 25.0. The van der Waals surface area contributed by atoms with Crippen molar-refractivity contribution in [2.75, 3.05) is 6.61 Å². The van der Waals surface area contributed by atoms with Crippen LogP contribution >= 0.6 is 0 Å². The van der Waals surface area contributed by atoms with Crippen molar-refractivity contribution in [3.63, 3.8) is 0 Å². The van der Waals surface area contributed by atoms with Gasteiger partial charge in [-0.1, -0.05) is 239 Å². The summed E-state index contributed by atoms with van der Waals surface area (Å²) in [4.78, 5) is 12.4. The fourth-order valence-electron chi connectivity index (χ4n) is 7.04. The number of hydrogen-bond donors (Lipinski definition) is 3. The SMILES string of the molecule is CC/C=C\C/C=C\C/C=C\C/C=C\C/C=C\C/C=C\C/C=C\CCCCCCCCCCCC(=O)NC(CO)C(O)/C=C/CCCCCCCCCCCCCCCC. The molecule has 4 nitrogen and oxygen atoms in total. The third-order valence-corrected chi connectivity index (χ3v) is 10.8. The molecule has 0 saturated heterocycles. The molecule has 0 fully saturated rings. The minimum absolute atomic E-state index is 0.0742. The Hall–Kier alpha value is -2.69. The van der Waals surface area contributed by atoms with Crippen LogP contribution in [0.1, 0.15) is 226 Å². The lowest BCUT2D eigenvalue weighted by Gasteiger charge is -2.20. The maximum atomic E-state index is 12.4. The van der Waals surface area contributed by atoms with Gasteiger partial charge in [0.1, 0.15) is 0 Å². The van der Waals surface area contributed by atoms with E-state index < -0.39 is 12.1 Å². The van der Waals surface area contributed by atoms with E-state index in [1.54, 1.807) is 6.08 Å². The summed E-state index contributed by atoms with van der Waals surface area (Å²) in [5.74, 6) is -0.0742. The third kappa shape index (κ3) is 46.2. The highest BCUT2D eigenvalue weighted by Crippen LogP contribution is 2.15. The highest BCUT2D eigenvalue weighted by molar-refractivity contribution is 5.76. The van der Waals surface area contributed by atoms with Gasteiger partial charge in [-0.2, -0.15) is 0 Å². The Morgan fingerprint density at radius 2 is 0.746 bits per heavy atom. The molecule has 59 heavy (non-hydrogen) atoms. The monoisotopic (exact) mass is 818 g/mol. The molecule has 4 heteroatoms. The molecule has 0 aliphatic rings. The van der Waals surface area contributed by atoms with Crippen LogP contribution in [-0.4, -0.2) is 34.9 Å². The molecule has 0 rings (SSSR count). The number of aliphatic hydroxyl groups excluding tert-OH is 2. The van der Waals surface area contributed by atoms with Gasteiger partial charge in [-0.15, -0.1) is 0 Å². The van der Waals surface area contributed by atoms with Gasteiger partial charge in [-0.3, -0.25) is 4.79 Å². The molecule has 1 amide bonds. The van der Waals surface area contributed by atoms with Crippen molar-refractivity contribution >= 4 is 5.91 Å². The Kier molecular flexibility index (Phi) is 47.4. The number of nitrogens with one attached hydrogen (secondary N) is 1. The first kappa shape index (κ1) is 56.3. The van der Waals surface area contributed by atoms with E-state index in [1.807, 2.05) is 6.08 Å². The molecule has 3 N–H and O–H groups in total. The molecular formula is C55H95NO3. The molecule has 0 aliphatic carbocycles. The lowest BCUT2D eigenvalue weighted by atomic mass is 10.0. The van der Waals surface area contributed by atoms with E-state index in [4.69, 9.17) is 0 Å². The summed E-state index contributed by atoms with van der Waals surface area (Å²) in [6, 6.07) is -0.631. The fraction of sp³-hybridized carbons (Fsp3) is 0.691. The second-order valence-electron chi connectivity index (χ2n) is 16.5. The average Bonchev–Trinajstić information content (AvgIpc) is 3.24. The van der Waals surface area contributed by atoms with Crippen molar-refractivity contribution in [1.82, 2.24) is 5.32 Å². The minimum Gasteiger partial charge on any atom is -0.394 e. The summed E-state index contributed by atoms with van der Waals surface area (Å²) in [6.45, 7) is 4.19. The van der Waals surface area contributed by atoms with E-state index >= 15 is 0 Å². The number of carbonyl (C=O) groups excluding carboxylic acids is 1. The number of rotatable bonds is 44. The number of carbonyl (C=O) groups is 1. The average molecular weight is 818 g/mol. The fourth-order valence-corrected chi connectivity index (χ4v) is 7.04. The Bertz CT molecular complexity index is 1110. The van der Waals surface area contributed by atoms with Gasteiger partial charge in [0.2, 0.25) is 5.91 Å². The zero-order valence-corrected chi connectivity index (χ0v) is 38.7. The second-order valence-corrected chi connectivity index (χ2v) is 16.5. The molecule has 0 aliphatic heterocycles. The Balaban J connectivity index is 3.61. The van der Waals surface area contributed by atoms with Crippen molar-refractivity contribution in [2.24, 2.45) is 0 Å². The molecule has 0 aromatic carbocycles. The van der Waals surface area contributed by atoms with Crippen LogP contribution < -0.4 is 5.32 Å². The van der Waals surface area contributed by atoms with Gasteiger partial charge in [0.05, 0.1) is 18.8 Å². The number of allylic oxidation sites excluding steroid dienone is 15. The zero-order chi connectivity index (χ0) is 42.8. The number of amides is 1. The zero-order valence-electron chi connectivity index (χ0n) is 38.7. The quantitative estimate of drug-likeness (QED) is 0.0424. The van der Waals surface area contributed by atoms with Crippen LogP contribution in [0.15, 0.2) is 97.2 Å². The van der Waals surface area contributed by atoms with Crippen molar-refractivity contribution in [3.05, 3.63) is 97.2 Å². The lowest BCUT2D eigenvalue weighted by Crippen LogP contribution is -2.45. The van der Waals surface area contributed by atoms with E-state index in [2.05, 4.69) is 104 Å². The smallest absolute Gasteiger partial charge is 0.220 e. The molecular weight excluding hydrogens is 723 g/mol. The standard InChI is InChI=1S/C55H95NO3/c1-3-5-7-9-11-13-15-17-19-21-22-23-24-25-26-27-28-29-30-31-32-33-34-35-37-39-41-43-45-47-49-51-55(59)56-53(52-57)54(58)50-48-46-44-42-40-38-36-20-18-16-14-12-10-8-6-4-2/h5,7,11,13,17,19,22-23,25-26,28-29,31-32,48,50,53-54,57-58H,3-4,6,8-10,12,14-16,18,20-21,24,27,30,33-47,49,51-52H2,1-2H3,(H,56,59)/b7-5-,13-11-,19-17-,23-22-,26-25-,29-28-,32-31-,50-48+. The molecule has 0 aromatic rings. The van der Waals surface area contributed by atoms with Gasteiger partial charge in [-0.05, 0) is 77.0 Å². The van der Waals surface area contributed by atoms with E-state index in [-0.39, 0.29) is 12.5 Å². The summed E-state index contributed by atoms with van der Waals surface area (Å²) in [7, 11) is 0. The largest absolute Gasteiger partial charge is 0.394 e. The summed E-state index contributed by atoms with van der Waals surface area (Å²) in [5, 5.41) is 23.1. The van der Waals surface area contributed by atoms with Crippen LogP contribution in [-0.2, 0) is 4.79 Å². The molecule has 0 radical (unpaired) electrons. The van der Waals surface area contributed by atoms with Gasteiger partial charge in [0, 0.05) is 6.42 Å². The van der Waals surface area contributed by atoms with Crippen LogP contribution in [0.5, 0.6) is 0 Å². The maximum absolute atomic E-state index is 12.4. The second kappa shape index (κ2) is 49.7. The third-order valence-electron chi connectivity index (χ3n) is 10.8. The Morgan fingerprint density at radius 3 is 1.12 bits per heavy atom. The van der Waals surface area contributed by atoms with Gasteiger partial charge in [0.25, 0.3) is 0 Å². The molecule has 2 unspecified atom stereocenters. The van der Waals surface area contributed by atoms with Crippen LogP contribution in [0.4, 0.5) is 0 Å². The Labute approximate surface area is 366 Å². The van der Waals surface area contributed by atoms with Crippen LogP contribution in [0.3, 0.4) is 0 Å². The van der Waals surface area contributed by atoms with Gasteiger partial charge < -0.3 is 15.5 Å². The topological polar surface area (TPSA) is 69.6 Å². The summed E-state index contributed by atoms with van der Waals surface area (Å²) >= 11 is 0. The lowest BCUT2D eigenvalue weighted by molar-refractivity contribution is -0.123. The summed E-state index contributed by atoms with van der Waals surface area (Å²) < 4.78 is 0. The first-order chi connectivity index (χ1) is 29.2. The van der Waals surface area contributed by atoms with E-state index in [0.717, 1.165) is 70.6 Å². The van der Waals surface area contributed by atoms with Crippen molar-refractivity contribution < 1.29 is 15.0 Å². The summed E-state index contributed by atoms with van der Waals surface area (Å²) in [6.07, 6.45) is 73.8. The maximum Gasteiger partial charge on any atom is 0.220 e. The van der Waals surface area contributed by atoms with E-state index in [1.165, 1.54) is 135 Å². The molecule has 0 spiro atoms. The van der Waals surface area contributed by atoms with Crippen molar-refractivity contribution in [3.8, 4) is 0 Å². The highest BCUT2D eigenvalue weighted by Gasteiger charge is 2.17. The summed E-state index contributed by atoms with van der Waals surface area (Å²) in [5.41, 5.74) is 0. The molecule has 0 aromatic heterocycles.